The lowest BCUT2D eigenvalue weighted by molar-refractivity contribution is -0.384. The molecule has 2 rings (SSSR count). The number of non-ortho nitro benzene ring substituents is 1. The molecule has 136 valence electrons. The molecule has 0 aromatic heterocycles. The van der Waals surface area contributed by atoms with Crippen molar-refractivity contribution < 1.29 is 28.4 Å². The fraction of sp³-hybridized carbons (Fsp3) is 0.176. The first-order valence-electron chi connectivity index (χ1n) is 7.45. The lowest BCUT2D eigenvalue weighted by atomic mass is 10.0. The zero-order valence-electron chi connectivity index (χ0n) is 13.3. The highest BCUT2D eigenvalue weighted by atomic mass is 19.1. The van der Waals surface area contributed by atoms with Crippen molar-refractivity contribution in [3.8, 4) is 0 Å². The van der Waals surface area contributed by atoms with Crippen molar-refractivity contribution >= 4 is 17.6 Å². The Balaban J connectivity index is 2.04. The largest absolute Gasteiger partial charge is 0.480 e. The molecule has 0 bridgehead atoms. The van der Waals surface area contributed by atoms with E-state index < -0.39 is 40.9 Å². The third-order valence-corrected chi connectivity index (χ3v) is 3.59. The second-order valence-corrected chi connectivity index (χ2v) is 5.50. The van der Waals surface area contributed by atoms with Crippen molar-refractivity contribution in [1.29, 1.82) is 0 Å². The van der Waals surface area contributed by atoms with Gasteiger partial charge in [0.15, 0.2) is 0 Å². The summed E-state index contributed by atoms with van der Waals surface area (Å²) in [7, 11) is 0. The van der Waals surface area contributed by atoms with Crippen LogP contribution in [0.1, 0.15) is 11.1 Å². The SMILES string of the molecule is O=C(Cc1ccc(F)cc1F)N[C@@H](Cc1ccc([N+](=O)[O-])cc1)C(=O)O. The molecule has 0 saturated heterocycles. The molecule has 0 aliphatic rings. The van der Waals surface area contributed by atoms with Gasteiger partial charge in [-0.2, -0.15) is 0 Å². The number of carboxylic acids is 1. The van der Waals surface area contributed by atoms with Crippen molar-refractivity contribution in [2.24, 2.45) is 0 Å². The summed E-state index contributed by atoms with van der Waals surface area (Å²) in [4.78, 5) is 33.3. The van der Waals surface area contributed by atoms with Crippen LogP contribution in [-0.2, 0) is 22.4 Å². The lowest BCUT2D eigenvalue weighted by Crippen LogP contribution is -2.43. The Labute approximate surface area is 146 Å². The van der Waals surface area contributed by atoms with Crippen LogP contribution in [0.4, 0.5) is 14.5 Å². The number of benzene rings is 2. The fourth-order valence-electron chi connectivity index (χ4n) is 2.27. The number of carbonyl (C=O) groups is 2. The summed E-state index contributed by atoms with van der Waals surface area (Å²) in [5.41, 5.74) is 0.260. The highest BCUT2D eigenvalue weighted by Gasteiger charge is 2.21. The minimum Gasteiger partial charge on any atom is -0.480 e. The Morgan fingerprint density at radius 3 is 2.35 bits per heavy atom. The second-order valence-electron chi connectivity index (χ2n) is 5.50. The van der Waals surface area contributed by atoms with Gasteiger partial charge in [-0.25, -0.2) is 13.6 Å². The van der Waals surface area contributed by atoms with E-state index in [9.17, 15) is 33.6 Å². The maximum absolute atomic E-state index is 13.6. The Bertz CT molecular complexity index is 840. The molecule has 0 saturated carbocycles. The van der Waals surface area contributed by atoms with Crippen molar-refractivity contribution in [2.75, 3.05) is 0 Å². The number of amides is 1. The van der Waals surface area contributed by atoms with Crippen molar-refractivity contribution in [2.45, 2.75) is 18.9 Å². The molecule has 0 heterocycles. The molecule has 9 heteroatoms. The molecule has 26 heavy (non-hydrogen) atoms. The first kappa shape index (κ1) is 19.0. The van der Waals surface area contributed by atoms with Crippen LogP contribution in [0.3, 0.4) is 0 Å². The topological polar surface area (TPSA) is 110 Å². The molecule has 1 atom stereocenters. The summed E-state index contributed by atoms with van der Waals surface area (Å²) < 4.78 is 26.4. The minimum absolute atomic E-state index is 0.0663. The molecule has 0 unspecified atom stereocenters. The van der Waals surface area contributed by atoms with E-state index in [1.54, 1.807) is 0 Å². The van der Waals surface area contributed by atoms with E-state index in [1.165, 1.54) is 24.3 Å². The van der Waals surface area contributed by atoms with Gasteiger partial charge < -0.3 is 10.4 Å². The summed E-state index contributed by atoms with van der Waals surface area (Å²) in [6.45, 7) is 0. The molecule has 2 aromatic rings. The van der Waals surface area contributed by atoms with Crippen LogP contribution in [0.15, 0.2) is 42.5 Å². The van der Waals surface area contributed by atoms with E-state index in [2.05, 4.69) is 5.32 Å². The van der Waals surface area contributed by atoms with Gasteiger partial charge in [0, 0.05) is 24.6 Å². The first-order chi connectivity index (χ1) is 12.3. The summed E-state index contributed by atoms with van der Waals surface area (Å²) in [6.07, 6.45) is -0.554. The molecule has 2 N–H and O–H groups in total. The lowest BCUT2D eigenvalue weighted by Gasteiger charge is -2.15. The van der Waals surface area contributed by atoms with E-state index in [4.69, 9.17) is 0 Å². The first-order valence-corrected chi connectivity index (χ1v) is 7.45. The van der Waals surface area contributed by atoms with E-state index in [0.717, 1.165) is 12.1 Å². The monoisotopic (exact) mass is 364 g/mol. The molecule has 0 aliphatic heterocycles. The third-order valence-electron chi connectivity index (χ3n) is 3.59. The number of nitro benzene ring substituents is 1. The number of nitro groups is 1. The highest BCUT2D eigenvalue weighted by molar-refractivity contribution is 5.85. The Hall–Kier alpha value is -3.36. The molecular weight excluding hydrogens is 350 g/mol. The third kappa shape index (κ3) is 5.07. The number of hydrogen-bond acceptors (Lipinski definition) is 4. The van der Waals surface area contributed by atoms with E-state index >= 15 is 0 Å². The molecule has 0 spiro atoms. The van der Waals surface area contributed by atoms with Crippen LogP contribution in [0, 0.1) is 21.7 Å². The van der Waals surface area contributed by atoms with Gasteiger partial charge >= 0.3 is 5.97 Å². The van der Waals surface area contributed by atoms with Crippen molar-refractivity contribution in [3.05, 3.63) is 75.3 Å². The number of aliphatic carboxylic acids is 1. The summed E-state index contributed by atoms with van der Waals surface area (Å²) in [5.74, 6) is -3.74. The predicted molar refractivity (Wildman–Crippen MR) is 86.4 cm³/mol. The van der Waals surface area contributed by atoms with Gasteiger partial charge in [0.1, 0.15) is 17.7 Å². The number of halogens is 2. The highest BCUT2D eigenvalue weighted by Crippen LogP contribution is 2.14. The number of nitrogens with zero attached hydrogens (tertiary/aromatic N) is 1. The average molecular weight is 364 g/mol. The van der Waals surface area contributed by atoms with Gasteiger partial charge in [-0.3, -0.25) is 14.9 Å². The molecule has 1 amide bonds. The van der Waals surface area contributed by atoms with Crippen LogP contribution in [0.5, 0.6) is 0 Å². The fourth-order valence-corrected chi connectivity index (χ4v) is 2.27. The number of hydrogen-bond donors (Lipinski definition) is 2. The standard InChI is InChI=1S/C17H14F2N2O5/c18-12-4-3-11(14(19)9-12)8-16(22)20-15(17(23)24)7-10-1-5-13(6-2-10)21(25)26/h1-6,9,15H,7-8H2,(H,20,22)(H,23,24)/t15-/m0/s1. The number of carbonyl (C=O) groups excluding carboxylic acids is 1. The minimum atomic E-state index is -1.31. The molecule has 0 radical (unpaired) electrons. The smallest absolute Gasteiger partial charge is 0.326 e. The average Bonchev–Trinajstić information content (AvgIpc) is 2.57. The van der Waals surface area contributed by atoms with Crippen LogP contribution in [0.2, 0.25) is 0 Å². The Morgan fingerprint density at radius 1 is 1.15 bits per heavy atom. The maximum Gasteiger partial charge on any atom is 0.326 e. The second kappa shape index (κ2) is 8.15. The van der Waals surface area contributed by atoms with Gasteiger partial charge in [0.2, 0.25) is 5.91 Å². The van der Waals surface area contributed by atoms with E-state index in [-0.39, 0.29) is 17.7 Å². The predicted octanol–water partition coefficient (Wildman–Crippen LogP) is 2.23. The molecule has 2 aromatic carbocycles. The quantitative estimate of drug-likeness (QED) is 0.578. The van der Waals surface area contributed by atoms with Crippen LogP contribution >= 0.6 is 0 Å². The van der Waals surface area contributed by atoms with Crippen LogP contribution in [-0.4, -0.2) is 27.9 Å². The van der Waals surface area contributed by atoms with Gasteiger partial charge in [0.05, 0.1) is 11.3 Å². The van der Waals surface area contributed by atoms with Crippen molar-refractivity contribution in [1.82, 2.24) is 5.32 Å². The Kier molecular flexibility index (Phi) is 5.94. The number of rotatable bonds is 7. The number of carboxylic acid groups (broad SMARTS) is 1. The molecular formula is C17H14F2N2O5. The van der Waals surface area contributed by atoms with E-state index in [1.807, 2.05) is 0 Å². The van der Waals surface area contributed by atoms with Gasteiger partial charge in [-0.15, -0.1) is 0 Å². The molecule has 0 aliphatic carbocycles. The summed E-state index contributed by atoms with van der Waals surface area (Å²) >= 11 is 0. The normalized spacial score (nSPS) is 11.6. The maximum atomic E-state index is 13.6. The Morgan fingerprint density at radius 2 is 1.81 bits per heavy atom. The van der Waals surface area contributed by atoms with Gasteiger partial charge in [-0.05, 0) is 17.2 Å². The van der Waals surface area contributed by atoms with E-state index in [0.29, 0.717) is 11.6 Å². The number of nitrogens with one attached hydrogen (secondary N) is 1. The zero-order valence-corrected chi connectivity index (χ0v) is 13.3. The molecule has 0 fully saturated rings. The van der Waals surface area contributed by atoms with Gasteiger partial charge in [-0.1, -0.05) is 18.2 Å². The zero-order chi connectivity index (χ0) is 19.3. The summed E-state index contributed by atoms with van der Waals surface area (Å²) in [6, 6.07) is 6.67. The van der Waals surface area contributed by atoms with Crippen LogP contribution < -0.4 is 5.32 Å². The summed E-state index contributed by atoms with van der Waals surface area (Å²) in [5, 5.41) is 22.1. The molecule has 7 nitrogen and oxygen atoms in total. The van der Waals surface area contributed by atoms with Gasteiger partial charge in [0.25, 0.3) is 5.69 Å². The van der Waals surface area contributed by atoms with Crippen LogP contribution in [0.25, 0.3) is 0 Å². The van der Waals surface area contributed by atoms with Crippen molar-refractivity contribution in [3.63, 3.8) is 0 Å².